The normalized spacial score (nSPS) is 44.4. The van der Waals surface area contributed by atoms with Crippen LogP contribution in [-0.2, 0) is 9.53 Å². The molecule has 0 aromatic heterocycles. The number of aliphatic carboxylic acids is 1. The maximum Gasteiger partial charge on any atom is 0.306 e. The lowest BCUT2D eigenvalue weighted by molar-refractivity contribution is -0.146. The van der Waals surface area contributed by atoms with E-state index in [1.165, 1.54) is 0 Å². The van der Waals surface area contributed by atoms with Gasteiger partial charge in [0.25, 0.3) is 0 Å². The number of fused-ring (bicyclic) bond motifs is 1. The fraction of sp³-hybridized carbons (Fsp3) is 0.900. The number of carboxylic acid groups (broad SMARTS) is 1. The number of hydrogen-bond acceptors (Lipinski definition) is 2. The maximum absolute atomic E-state index is 10.9. The van der Waals surface area contributed by atoms with Crippen molar-refractivity contribution in [3.05, 3.63) is 0 Å². The van der Waals surface area contributed by atoms with Gasteiger partial charge in [-0.1, -0.05) is 0 Å². The Kier molecular flexibility index (Phi) is 2.28. The van der Waals surface area contributed by atoms with Crippen molar-refractivity contribution in [3.63, 3.8) is 0 Å². The lowest BCUT2D eigenvalue weighted by atomic mass is 9.76. The minimum Gasteiger partial charge on any atom is -0.481 e. The molecule has 1 N–H and O–H groups in total. The second-order valence-electron chi connectivity index (χ2n) is 4.26. The molecular weight excluding hydrogens is 168 g/mol. The molecule has 0 bridgehead atoms. The van der Waals surface area contributed by atoms with Gasteiger partial charge in [0.05, 0.1) is 18.1 Å². The zero-order valence-electron chi connectivity index (χ0n) is 7.90. The molecule has 1 saturated heterocycles. The molecule has 0 spiro atoms. The molecule has 1 aliphatic carbocycles. The first-order chi connectivity index (χ1) is 6.18. The molecule has 1 heterocycles. The molecule has 0 aromatic rings. The summed E-state index contributed by atoms with van der Waals surface area (Å²) < 4.78 is 5.68. The first-order valence-corrected chi connectivity index (χ1v) is 5.06. The summed E-state index contributed by atoms with van der Waals surface area (Å²) in [6, 6.07) is 0. The first-order valence-electron chi connectivity index (χ1n) is 5.06. The maximum atomic E-state index is 10.9. The van der Waals surface area contributed by atoms with Gasteiger partial charge in [-0.3, -0.25) is 4.79 Å². The van der Waals surface area contributed by atoms with E-state index in [1.54, 1.807) is 0 Å². The summed E-state index contributed by atoms with van der Waals surface area (Å²) in [5.74, 6) is -0.502. The summed E-state index contributed by atoms with van der Waals surface area (Å²) >= 11 is 0. The minimum absolute atomic E-state index is 0.149. The van der Waals surface area contributed by atoms with Gasteiger partial charge in [0.15, 0.2) is 0 Å². The van der Waals surface area contributed by atoms with E-state index in [9.17, 15) is 4.79 Å². The van der Waals surface area contributed by atoms with Crippen LogP contribution in [0.25, 0.3) is 0 Å². The minimum atomic E-state index is -0.632. The van der Waals surface area contributed by atoms with Crippen LogP contribution < -0.4 is 0 Å². The predicted molar refractivity (Wildman–Crippen MR) is 47.4 cm³/mol. The number of ether oxygens (including phenoxy) is 1. The molecule has 0 unspecified atom stereocenters. The van der Waals surface area contributed by atoms with Crippen LogP contribution in [0, 0.1) is 11.8 Å². The molecule has 74 valence electrons. The molecule has 4 atom stereocenters. The highest BCUT2D eigenvalue weighted by Crippen LogP contribution is 2.41. The van der Waals surface area contributed by atoms with Gasteiger partial charge in [-0.05, 0) is 32.6 Å². The van der Waals surface area contributed by atoms with Crippen molar-refractivity contribution in [1.29, 1.82) is 0 Å². The van der Waals surface area contributed by atoms with Crippen molar-refractivity contribution in [1.82, 2.24) is 0 Å². The molecule has 3 heteroatoms. The Morgan fingerprint density at radius 1 is 1.46 bits per heavy atom. The Morgan fingerprint density at radius 2 is 2.23 bits per heavy atom. The highest BCUT2D eigenvalue weighted by molar-refractivity contribution is 5.70. The van der Waals surface area contributed by atoms with Gasteiger partial charge in [0, 0.05) is 5.92 Å². The van der Waals surface area contributed by atoms with E-state index >= 15 is 0 Å². The standard InChI is InChI=1S/C10H16O3/c1-6-5-8-7(10(11)12)3-2-4-9(8)13-6/h6-9H,2-5H2,1H3,(H,11,12)/t6-,7-,8-,9+/m0/s1. The number of rotatable bonds is 1. The Morgan fingerprint density at radius 3 is 2.92 bits per heavy atom. The quantitative estimate of drug-likeness (QED) is 0.674. The summed E-state index contributed by atoms with van der Waals surface area (Å²) in [5, 5.41) is 9.02. The van der Waals surface area contributed by atoms with E-state index in [4.69, 9.17) is 9.84 Å². The van der Waals surface area contributed by atoms with Gasteiger partial charge in [-0.15, -0.1) is 0 Å². The van der Waals surface area contributed by atoms with Crippen molar-refractivity contribution in [2.45, 2.75) is 44.8 Å². The van der Waals surface area contributed by atoms with Gasteiger partial charge < -0.3 is 9.84 Å². The third-order valence-corrected chi connectivity index (χ3v) is 3.33. The van der Waals surface area contributed by atoms with E-state index in [-0.39, 0.29) is 24.0 Å². The fourth-order valence-corrected chi connectivity index (χ4v) is 2.76. The average molecular weight is 184 g/mol. The molecule has 13 heavy (non-hydrogen) atoms. The van der Waals surface area contributed by atoms with Gasteiger partial charge in [-0.2, -0.15) is 0 Å². The largest absolute Gasteiger partial charge is 0.481 e. The molecule has 1 aliphatic heterocycles. The third kappa shape index (κ3) is 1.57. The molecule has 0 amide bonds. The summed E-state index contributed by atoms with van der Waals surface area (Å²) in [6.07, 6.45) is 4.32. The van der Waals surface area contributed by atoms with Crippen LogP contribution >= 0.6 is 0 Å². The lowest BCUT2D eigenvalue weighted by Gasteiger charge is -2.29. The van der Waals surface area contributed by atoms with Crippen LogP contribution in [0.2, 0.25) is 0 Å². The third-order valence-electron chi connectivity index (χ3n) is 3.33. The SMILES string of the molecule is C[C@H]1C[C@H]2[C@@H](C(=O)O)CCC[C@H]2O1. The highest BCUT2D eigenvalue weighted by Gasteiger charge is 2.43. The second-order valence-corrected chi connectivity index (χ2v) is 4.26. The zero-order valence-corrected chi connectivity index (χ0v) is 7.90. The number of carbonyl (C=O) groups is 1. The van der Waals surface area contributed by atoms with E-state index < -0.39 is 5.97 Å². The molecule has 0 radical (unpaired) electrons. The number of hydrogen-bond donors (Lipinski definition) is 1. The van der Waals surface area contributed by atoms with Crippen molar-refractivity contribution in [2.24, 2.45) is 11.8 Å². The zero-order chi connectivity index (χ0) is 9.42. The first kappa shape index (κ1) is 9.00. The molecule has 1 saturated carbocycles. The van der Waals surface area contributed by atoms with Crippen molar-refractivity contribution in [3.8, 4) is 0 Å². The van der Waals surface area contributed by atoms with Gasteiger partial charge in [0.2, 0.25) is 0 Å². The number of carboxylic acids is 1. The molecule has 2 aliphatic rings. The summed E-state index contributed by atoms with van der Waals surface area (Å²) in [4.78, 5) is 10.9. The molecular formula is C10H16O3. The van der Waals surface area contributed by atoms with Gasteiger partial charge in [0.1, 0.15) is 0 Å². The monoisotopic (exact) mass is 184 g/mol. The van der Waals surface area contributed by atoms with Crippen molar-refractivity contribution >= 4 is 5.97 Å². The molecule has 2 fully saturated rings. The Labute approximate surface area is 78.1 Å². The van der Waals surface area contributed by atoms with Crippen LogP contribution in [-0.4, -0.2) is 23.3 Å². The fourth-order valence-electron chi connectivity index (χ4n) is 2.76. The van der Waals surface area contributed by atoms with Crippen LogP contribution in [0.4, 0.5) is 0 Å². The molecule has 2 rings (SSSR count). The van der Waals surface area contributed by atoms with E-state index in [0.29, 0.717) is 0 Å². The van der Waals surface area contributed by atoms with E-state index in [1.807, 2.05) is 6.92 Å². The smallest absolute Gasteiger partial charge is 0.306 e. The Bertz CT molecular complexity index is 214. The lowest BCUT2D eigenvalue weighted by Crippen LogP contribution is -2.33. The van der Waals surface area contributed by atoms with Crippen molar-refractivity contribution in [2.75, 3.05) is 0 Å². The van der Waals surface area contributed by atoms with Gasteiger partial charge >= 0.3 is 5.97 Å². The van der Waals surface area contributed by atoms with Crippen molar-refractivity contribution < 1.29 is 14.6 Å². The highest BCUT2D eigenvalue weighted by atomic mass is 16.5. The average Bonchev–Trinajstić information content (AvgIpc) is 2.43. The Hall–Kier alpha value is -0.570. The Balaban J connectivity index is 2.09. The van der Waals surface area contributed by atoms with Crippen LogP contribution in [0.3, 0.4) is 0 Å². The van der Waals surface area contributed by atoms with E-state index in [2.05, 4.69) is 0 Å². The van der Waals surface area contributed by atoms with Gasteiger partial charge in [-0.25, -0.2) is 0 Å². The second kappa shape index (κ2) is 3.29. The van der Waals surface area contributed by atoms with E-state index in [0.717, 1.165) is 25.7 Å². The summed E-state index contributed by atoms with van der Waals surface area (Å²) in [5.41, 5.74) is 0. The molecule has 0 aromatic carbocycles. The van der Waals surface area contributed by atoms with Crippen LogP contribution in [0.1, 0.15) is 32.6 Å². The summed E-state index contributed by atoms with van der Waals surface area (Å²) in [6.45, 7) is 2.04. The van der Waals surface area contributed by atoms with Crippen LogP contribution in [0.5, 0.6) is 0 Å². The predicted octanol–water partition coefficient (Wildman–Crippen LogP) is 1.66. The summed E-state index contributed by atoms with van der Waals surface area (Å²) in [7, 11) is 0. The molecule has 3 nitrogen and oxygen atoms in total. The van der Waals surface area contributed by atoms with Crippen LogP contribution in [0.15, 0.2) is 0 Å². The topological polar surface area (TPSA) is 46.5 Å².